The van der Waals surface area contributed by atoms with Gasteiger partial charge in [0.25, 0.3) is 0 Å². The van der Waals surface area contributed by atoms with E-state index in [1.165, 1.54) is 93.5 Å². The van der Waals surface area contributed by atoms with Crippen LogP contribution in [0.4, 0.5) is 0 Å². The van der Waals surface area contributed by atoms with Crippen LogP contribution in [0.2, 0.25) is 0 Å². The Bertz CT molecular complexity index is 2750. The zero-order valence-corrected chi connectivity index (χ0v) is 27.2. The van der Waals surface area contributed by atoms with Crippen molar-refractivity contribution in [1.29, 1.82) is 5.26 Å². The highest BCUT2D eigenvalue weighted by atomic mass is 14.3. The lowest BCUT2D eigenvalue weighted by molar-refractivity contribution is 1.48. The maximum absolute atomic E-state index is 9.37. The number of rotatable bonds is 4. The molecule has 0 radical (unpaired) electrons. The highest BCUT2D eigenvalue weighted by Gasteiger charge is 2.31. The number of nitrogens with zero attached hydrogens (tertiary/aromatic N) is 1. The van der Waals surface area contributed by atoms with Crippen molar-refractivity contribution in [2.75, 3.05) is 0 Å². The van der Waals surface area contributed by atoms with Crippen molar-refractivity contribution in [2.45, 2.75) is 0 Å². The summed E-state index contributed by atoms with van der Waals surface area (Å²) in [6.07, 6.45) is 0. The molecule has 1 aliphatic rings. The van der Waals surface area contributed by atoms with Crippen LogP contribution in [0.5, 0.6) is 0 Å². The highest BCUT2D eigenvalue weighted by Crippen LogP contribution is 2.58. The second-order valence-corrected chi connectivity index (χ2v) is 13.1. The van der Waals surface area contributed by atoms with Gasteiger partial charge in [-0.3, -0.25) is 0 Å². The molecule has 230 valence electrons. The smallest absolute Gasteiger partial charge is 0.0991 e. The average Bonchev–Trinajstić information content (AvgIpc) is 3.52. The van der Waals surface area contributed by atoms with Gasteiger partial charge in [0.2, 0.25) is 0 Å². The summed E-state index contributed by atoms with van der Waals surface area (Å²) in [5, 5.41) is 16.9. The van der Waals surface area contributed by atoms with Crippen molar-refractivity contribution in [3.8, 4) is 72.8 Å². The molecule has 0 atom stereocenters. The Balaban J connectivity index is 1.28. The summed E-state index contributed by atoms with van der Waals surface area (Å²) < 4.78 is 0. The van der Waals surface area contributed by atoms with Gasteiger partial charge in [-0.05, 0) is 111 Å². The zero-order chi connectivity index (χ0) is 33.2. The van der Waals surface area contributed by atoms with Crippen LogP contribution in [0.3, 0.4) is 0 Å². The van der Waals surface area contributed by atoms with Gasteiger partial charge in [0.05, 0.1) is 11.6 Å². The summed E-state index contributed by atoms with van der Waals surface area (Å²) in [5.41, 5.74) is 15.6. The van der Waals surface area contributed by atoms with E-state index in [0.29, 0.717) is 5.56 Å². The molecule has 0 saturated heterocycles. The Kier molecular flexibility index (Phi) is 6.31. The van der Waals surface area contributed by atoms with Crippen molar-refractivity contribution in [3.05, 3.63) is 181 Å². The normalized spacial score (nSPS) is 11.6. The lowest BCUT2D eigenvalue weighted by Crippen LogP contribution is -1.93. The highest BCUT2D eigenvalue weighted by molar-refractivity contribution is 6.29. The fraction of sp³-hybridized carbons (Fsp3) is 0. The molecule has 9 aromatic carbocycles. The van der Waals surface area contributed by atoms with Crippen molar-refractivity contribution in [2.24, 2.45) is 0 Å². The number of hydrogen-bond acceptors (Lipinski definition) is 1. The molecule has 0 spiro atoms. The van der Waals surface area contributed by atoms with Crippen LogP contribution < -0.4 is 0 Å². The van der Waals surface area contributed by atoms with Crippen LogP contribution in [0, 0.1) is 11.3 Å². The molecule has 50 heavy (non-hydrogen) atoms. The Hall–Kier alpha value is -6.75. The molecule has 1 heteroatoms. The molecule has 0 bridgehead atoms. The Morgan fingerprint density at radius 2 is 0.720 bits per heavy atom. The van der Waals surface area contributed by atoms with E-state index in [9.17, 15) is 5.26 Å². The minimum atomic E-state index is 0.669. The van der Waals surface area contributed by atoms with Gasteiger partial charge in [0.15, 0.2) is 0 Å². The van der Waals surface area contributed by atoms with Crippen LogP contribution in [-0.4, -0.2) is 0 Å². The van der Waals surface area contributed by atoms with Gasteiger partial charge >= 0.3 is 0 Å². The van der Waals surface area contributed by atoms with Gasteiger partial charge in [-0.15, -0.1) is 0 Å². The molecular formula is C49H29N. The predicted molar refractivity (Wildman–Crippen MR) is 210 cm³/mol. The molecule has 0 aliphatic heterocycles. The lowest BCUT2D eigenvalue weighted by Gasteiger charge is -2.20. The van der Waals surface area contributed by atoms with Crippen LogP contribution in [0.1, 0.15) is 5.56 Å². The third kappa shape index (κ3) is 4.13. The maximum Gasteiger partial charge on any atom is 0.0991 e. The van der Waals surface area contributed by atoms with E-state index in [1.807, 2.05) is 12.1 Å². The SMILES string of the molecule is N#Cc1ccc(-c2ccc(-c3ccc4c5c(cccc35)-c3c-4c(-c4ccccc4)c4ccccc4c3-c3ccccc3)c3ccccc23)cc1. The molecule has 0 saturated carbocycles. The number of benzene rings is 9. The largest absolute Gasteiger partial charge is 0.192 e. The predicted octanol–water partition coefficient (Wildman–Crippen LogP) is 13.3. The summed E-state index contributed by atoms with van der Waals surface area (Å²) in [5.74, 6) is 0. The summed E-state index contributed by atoms with van der Waals surface area (Å²) in [6, 6.07) is 65.7. The number of hydrogen-bond donors (Lipinski definition) is 0. The Morgan fingerprint density at radius 3 is 1.30 bits per heavy atom. The van der Waals surface area contributed by atoms with Crippen molar-refractivity contribution in [3.63, 3.8) is 0 Å². The molecule has 1 nitrogen and oxygen atoms in total. The third-order valence-corrected chi connectivity index (χ3v) is 10.5. The van der Waals surface area contributed by atoms with Gasteiger partial charge in [0.1, 0.15) is 0 Å². The third-order valence-electron chi connectivity index (χ3n) is 10.5. The minimum Gasteiger partial charge on any atom is -0.192 e. The molecule has 0 unspecified atom stereocenters. The van der Waals surface area contributed by atoms with Gasteiger partial charge < -0.3 is 0 Å². The first kappa shape index (κ1) is 28.3. The monoisotopic (exact) mass is 631 g/mol. The number of nitriles is 1. The van der Waals surface area contributed by atoms with Gasteiger partial charge in [0, 0.05) is 0 Å². The first-order valence-corrected chi connectivity index (χ1v) is 17.1. The van der Waals surface area contributed by atoms with Crippen LogP contribution in [-0.2, 0) is 0 Å². The second-order valence-electron chi connectivity index (χ2n) is 13.1. The topological polar surface area (TPSA) is 23.8 Å². The quantitative estimate of drug-likeness (QED) is 0.190. The molecule has 0 amide bonds. The second kappa shape index (κ2) is 11.2. The van der Waals surface area contributed by atoms with Crippen molar-refractivity contribution in [1.82, 2.24) is 0 Å². The summed E-state index contributed by atoms with van der Waals surface area (Å²) in [4.78, 5) is 0. The zero-order valence-electron chi connectivity index (χ0n) is 27.2. The fourth-order valence-electron chi connectivity index (χ4n) is 8.35. The van der Waals surface area contributed by atoms with E-state index in [4.69, 9.17) is 0 Å². The van der Waals surface area contributed by atoms with Crippen molar-refractivity contribution >= 4 is 32.3 Å². The molecule has 0 fully saturated rings. The lowest BCUT2D eigenvalue weighted by atomic mass is 9.82. The maximum atomic E-state index is 9.37. The summed E-state index contributed by atoms with van der Waals surface area (Å²) >= 11 is 0. The van der Waals surface area contributed by atoms with Crippen LogP contribution >= 0.6 is 0 Å². The summed E-state index contributed by atoms with van der Waals surface area (Å²) in [6.45, 7) is 0. The van der Waals surface area contributed by atoms with Gasteiger partial charge in [-0.1, -0.05) is 164 Å². The molecule has 10 rings (SSSR count). The van der Waals surface area contributed by atoms with E-state index >= 15 is 0 Å². The Morgan fingerprint density at radius 1 is 0.280 bits per heavy atom. The molecule has 9 aromatic rings. The number of fused-ring (bicyclic) bond motifs is 5. The van der Waals surface area contributed by atoms with Crippen molar-refractivity contribution < 1.29 is 0 Å². The van der Waals surface area contributed by atoms with E-state index < -0.39 is 0 Å². The molecular weight excluding hydrogens is 603 g/mol. The average molecular weight is 632 g/mol. The van der Waals surface area contributed by atoms with Gasteiger partial charge in [-0.25, -0.2) is 0 Å². The van der Waals surface area contributed by atoms with E-state index in [2.05, 4.69) is 170 Å². The van der Waals surface area contributed by atoms with Gasteiger partial charge in [-0.2, -0.15) is 5.26 Å². The molecule has 0 aromatic heterocycles. The van der Waals surface area contributed by atoms with Crippen LogP contribution in [0.15, 0.2) is 176 Å². The van der Waals surface area contributed by atoms with Crippen LogP contribution in [0.25, 0.3) is 99.1 Å². The minimum absolute atomic E-state index is 0.669. The standard InChI is InChI=1S/C49H29N/c50-30-31-22-24-32(25-23-31)35-26-27-38(37-17-8-7-16-36(35)37)39-28-29-44-47-40(39)20-11-21-43(47)48-45(33-12-3-1-4-13-33)41-18-9-10-19-42(41)46(49(44)48)34-14-5-2-6-15-34/h1-29H. The van der Waals surface area contributed by atoms with E-state index in [-0.39, 0.29) is 0 Å². The molecule has 0 N–H and O–H groups in total. The van der Waals surface area contributed by atoms with E-state index in [1.54, 1.807) is 0 Å². The fourth-order valence-corrected chi connectivity index (χ4v) is 8.35. The first-order chi connectivity index (χ1) is 24.8. The molecule has 1 aliphatic carbocycles. The summed E-state index contributed by atoms with van der Waals surface area (Å²) in [7, 11) is 0. The first-order valence-electron chi connectivity index (χ1n) is 17.1. The van der Waals surface area contributed by atoms with E-state index in [0.717, 1.165) is 5.56 Å². The molecule has 0 heterocycles. The Labute approximate surface area is 291 Å².